The Balaban J connectivity index is 2.03. The van der Waals surface area contributed by atoms with Crippen molar-refractivity contribution in [1.82, 2.24) is 9.62 Å². The Bertz CT molecular complexity index is 895. The molecule has 7 heteroatoms. The molecule has 0 aliphatic heterocycles. The van der Waals surface area contributed by atoms with Gasteiger partial charge in [-0.25, -0.2) is 8.42 Å². The van der Waals surface area contributed by atoms with Gasteiger partial charge in [-0.05, 0) is 56.2 Å². The molecule has 0 aliphatic carbocycles. The van der Waals surface area contributed by atoms with Crippen LogP contribution in [0.25, 0.3) is 0 Å². The molecule has 29 heavy (non-hydrogen) atoms. The second-order valence-corrected chi connectivity index (χ2v) is 9.71. The van der Waals surface area contributed by atoms with Crippen LogP contribution in [0.2, 0.25) is 0 Å². The Morgan fingerprint density at radius 1 is 0.966 bits per heavy atom. The molecule has 1 amide bonds. The van der Waals surface area contributed by atoms with Gasteiger partial charge in [-0.3, -0.25) is 4.79 Å². The van der Waals surface area contributed by atoms with Crippen LogP contribution < -0.4 is 10.6 Å². The highest BCUT2D eigenvalue weighted by molar-refractivity contribution is 7.89. The maximum absolute atomic E-state index is 12.5. The van der Waals surface area contributed by atoms with Crippen molar-refractivity contribution in [3.8, 4) is 0 Å². The molecule has 0 bridgehead atoms. The van der Waals surface area contributed by atoms with Crippen LogP contribution in [0.15, 0.2) is 59.5 Å². The zero-order valence-electron chi connectivity index (χ0n) is 17.7. The molecule has 2 N–H and O–H groups in total. The van der Waals surface area contributed by atoms with Crippen LogP contribution in [0.5, 0.6) is 0 Å². The predicted octanol–water partition coefficient (Wildman–Crippen LogP) is 3.58. The van der Waals surface area contributed by atoms with Gasteiger partial charge in [-0.15, -0.1) is 0 Å². The highest BCUT2D eigenvalue weighted by Gasteiger charge is 2.23. The summed E-state index contributed by atoms with van der Waals surface area (Å²) in [5.74, 6) is 0.0845. The molecular weight excluding hydrogens is 386 g/mol. The van der Waals surface area contributed by atoms with Crippen molar-refractivity contribution >= 4 is 21.6 Å². The first kappa shape index (κ1) is 22.9. The highest BCUT2D eigenvalue weighted by atomic mass is 32.2. The zero-order valence-corrected chi connectivity index (χ0v) is 18.5. The van der Waals surface area contributed by atoms with Gasteiger partial charge in [0, 0.05) is 36.9 Å². The Labute approximate surface area is 174 Å². The number of rotatable bonds is 9. The first-order valence-corrected chi connectivity index (χ1v) is 11.2. The third-order valence-electron chi connectivity index (χ3n) is 4.93. The molecule has 2 rings (SSSR count). The molecule has 0 aliphatic rings. The molecule has 2 aromatic carbocycles. The molecule has 2 aromatic rings. The van der Waals surface area contributed by atoms with Crippen molar-refractivity contribution in [2.45, 2.75) is 44.7 Å². The Hall–Kier alpha value is -2.38. The van der Waals surface area contributed by atoms with E-state index in [1.54, 1.807) is 19.2 Å². The first-order valence-electron chi connectivity index (χ1n) is 9.80. The van der Waals surface area contributed by atoms with E-state index in [4.69, 9.17) is 0 Å². The van der Waals surface area contributed by atoms with E-state index >= 15 is 0 Å². The number of nitrogens with one attached hydrogen (secondary N) is 2. The number of hydrogen-bond acceptors (Lipinski definition) is 4. The lowest BCUT2D eigenvalue weighted by atomic mass is 10.0. The minimum Gasteiger partial charge on any atom is -0.380 e. The summed E-state index contributed by atoms with van der Waals surface area (Å²) < 4.78 is 26.4. The van der Waals surface area contributed by atoms with Crippen molar-refractivity contribution in [2.24, 2.45) is 5.92 Å². The monoisotopic (exact) mass is 417 g/mol. The Morgan fingerprint density at radius 3 is 2.07 bits per heavy atom. The summed E-state index contributed by atoms with van der Waals surface area (Å²) >= 11 is 0. The van der Waals surface area contributed by atoms with Crippen LogP contribution in [0, 0.1) is 5.92 Å². The van der Waals surface area contributed by atoms with Crippen LogP contribution in [0.4, 0.5) is 5.69 Å². The summed E-state index contributed by atoms with van der Waals surface area (Å²) in [7, 11) is -2.01. The summed E-state index contributed by atoms with van der Waals surface area (Å²) in [6, 6.07) is 15.8. The molecule has 1 atom stereocenters. The predicted molar refractivity (Wildman–Crippen MR) is 118 cm³/mol. The molecular formula is C22H31N3O3S. The largest absolute Gasteiger partial charge is 0.380 e. The van der Waals surface area contributed by atoms with E-state index in [1.165, 1.54) is 16.4 Å². The normalized spacial score (nSPS) is 13.0. The van der Waals surface area contributed by atoms with Crippen molar-refractivity contribution < 1.29 is 13.2 Å². The second-order valence-electron chi connectivity index (χ2n) is 7.71. The number of carbonyl (C=O) groups is 1. The maximum atomic E-state index is 12.5. The van der Waals surface area contributed by atoms with E-state index in [0.29, 0.717) is 18.0 Å². The van der Waals surface area contributed by atoms with Crippen molar-refractivity contribution in [3.05, 3.63) is 60.2 Å². The summed E-state index contributed by atoms with van der Waals surface area (Å²) in [5.41, 5.74) is 1.43. The average molecular weight is 418 g/mol. The highest BCUT2D eigenvalue weighted by Crippen LogP contribution is 2.17. The molecule has 1 unspecified atom stereocenters. The van der Waals surface area contributed by atoms with Gasteiger partial charge in [0.2, 0.25) is 10.0 Å². The van der Waals surface area contributed by atoms with Crippen LogP contribution >= 0.6 is 0 Å². The summed E-state index contributed by atoms with van der Waals surface area (Å²) in [6.07, 6.45) is 0. The number of nitrogens with zero attached hydrogens (tertiary/aromatic N) is 1. The lowest BCUT2D eigenvalue weighted by Gasteiger charge is -2.24. The average Bonchev–Trinajstić information content (AvgIpc) is 2.70. The second kappa shape index (κ2) is 9.89. The number of anilines is 1. The Morgan fingerprint density at radius 2 is 1.55 bits per heavy atom. The molecule has 0 aromatic heterocycles. The number of benzene rings is 2. The van der Waals surface area contributed by atoms with E-state index in [-0.39, 0.29) is 22.9 Å². The fourth-order valence-electron chi connectivity index (χ4n) is 2.73. The minimum atomic E-state index is -3.56. The van der Waals surface area contributed by atoms with Gasteiger partial charge >= 0.3 is 0 Å². The summed E-state index contributed by atoms with van der Waals surface area (Å²) in [5, 5.41) is 6.38. The molecule has 158 valence electrons. The van der Waals surface area contributed by atoms with E-state index < -0.39 is 10.0 Å². The van der Waals surface area contributed by atoms with E-state index in [2.05, 4.69) is 24.5 Å². The molecule has 0 saturated heterocycles. The SMILES string of the molecule is CC(C)C(CNC(=O)c1ccc(S(=O)(=O)N(C)C(C)C)cc1)Nc1ccccc1. The summed E-state index contributed by atoms with van der Waals surface area (Å²) in [4.78, 5) is 12.7. The van der Waals surface area contributed by atoms with Gasteiger partial charge in [0.05, 0.1) is 4.90 Å². The number of hydrogen-bond donors (Lipinski definition) is 2. The van der Waals surface area contributed by atoms with Gasteiger partial charge in [0.15, 0.2) is 0 Å². The van der Waals surface area contributed by atoms with Crippen LogP contribution in [-0.4, -0.2) is 44.3 Å². The minimum absolute atomic E-state index is 0.0701. The molecule has 0 spiro atoms. The van der Waals surface area contributed by atoms with Gasteiger partial charge in [0.1, 0.15) is 0 Å². The molecule has 0 heterocycles. The van der Waals surface area contributed by atoms with Gasteiger partial charge in [-0.2, -0.15) is 4.31 Å². The van der Waals surface area contributed by atoms with Crippen LogP contribution in [0.1, 0.15) is 38.1 Å². The van der Waals surface area contributed by atoms with Crippen molar-refractivity contribution in [2.75, 3.05) is 18.9 Å². The third-order valence-corrected chi connectivity index (χ3v) is 6.98. The third kappa shape index (κ3) is 6.05. The molecule has 6 nitrogen and oxygen atoms in total. The van der Waals surface area contributed by atoms with E-state index in [9.17, 15) is 13.2 Å². The maximum Gasteiger partial charge on any atom is 0.251 e. The fourth-order valence-corrected chi connectivity index (χ4v) is 4.10. The van der Waals surface area contributed by atoms with E-state index in [1.807, 2.05) is 44.2 Å². The smallest absolute Gasteiger partial charge is 0.251 e. The summed E-state index contributed by atoms with van der Waals surface area (Å²) in [6.45, 7) is 8.28. The van der Waals surface area contributed by atoms with Crippen LogP contribution in [0.3, 0.4) is 0 Å². The first-order chi connectivity index (χ1) is 13.6. The number of sulfonamides is 1. The lowest BCUT2D eigenvalue weighted by molar-refractivity contribution is 0.0950. The zero-order chi connectivity index (χ0) is 21.6. The van der Waals surface area contributed by atoms with Gasteiger partial charge < -0.3 is 10.6 Å². The van der Waals surface area contributed by atoms with Crippen molar-refractivity contribution in [3.63, 3.8) is 0 Å². The van der Waals surface area contributed by atoms with Gasteiger partial charge in [-0.1, -0.05) is 32.0 Å². The van der Waals surface area contributed by atoms with Crippen LogP contribution in [-0.2, 0) is 10.0 Å². The Kier molecular flexibility index (Phi) is 7.81. The fraction of sp³-hybridized carbons (Fsp3) is 0.409. The van der Waals surface area contributed by atoms with Gasteiger partial charge in [0.25, 0.3) is 5.91 Å². The number of carbonyl (C=O) groups excluding carboxylic acids is 1. The lowest BCUT2D eigenvalue weighted by Crippen LogP contribution is -2.39. The molecule has 0 fully saturated rings. The number of para-hydroxylation sites is 1. The topological polar surface area (TPSA) is 78.5 Å². The molecule has 0 saturated carbocycles. The molecule has 0 radical (unpaired) electrons. The number of amides is 1. The quantitative estimate of drug-likeness (QED) is 0.654. The standard InChI is InChI=1S/C22H31N3O3S/c1-16(2)21(24-19-9-7-6-8-10-19)15-23-22(26)18-11-13-20(14-12-18)29(27,28)25(5)17(3)4/h6-14,16-17,21,24H,15H2,1-5H3,(H,23,26). The van der Waals surface area contributed by atoms with E-state index in [0.717, 1.165) is 5.69 Å². The van der Waals surface area contributed by atoms with Crippen molar-refractivity contribution in [1.29, 1.82) is 0 Å².